The second-order valence-corrected chi connectivity index (χ2v) is 2.13. The molecule has 0 bridgehead atoms. The van der Waals surface area contributed by atoms with Crippen LogP contribution in [0.3, 0.4) is 0 Å². The minimum absolute atomic E-state index is 0.0440. The monoisotopic (exact) mass is 188 g/mol. The van der Waals surface area contributed by atoms with Crippen LogP contribution >= 0.6 is 0 Å². The van der Waals surface area contributed by atoms with Gasteiger partial charge in [0.1, 0.15) is 0 Å². The smallest absolute Gasteiger partial charge is 0.255 e. The number of alkyl halides is 3. The maximum Gasteiger partial charge on any atom is 0.264 e. The lowest BCUT2D eigenvalue weighted by Gasteiger charge is -2.02. The highest BCUT2D eigenvalue weighted by Crippen LogP contribution is 2.22. The Hall–Kier alpha value is -1.25. The third-order valence-corrected chi connectivity index (χ3v) is 1.45. The number of hydrogen-bond acceptors (Lipinski definition) is 0. The molecule has 72 valence electrons. The van der Waals surface area contributed by atoms with Crippen molar-refractivity contribution in [3.8, 4) is 0 Å². The van der Waals surface area contributed by atoms with E-state index < -0.39 is 6.43 Å². The standard InChI is InChI=1S/C9H8F2.CH3F/c1-2-7-5-3-4-6-8(7)9(10)11;1-2/h2-6,9H,1H2;1H3. The first-order valence-corrected chi connectivity index (χ1v) is 3.63. The molecule has 0 aliphatic carbocycles. The van der Waals surface area contributed by atoms with Gasteiger partial charge in [0.2, 0.25) is 0 Å². The molecule has 1 aromatic carbocycles. The van der Waals surface area contributed by atoms with E-state index in [1.54, 1.807) is 18.2 Å². The van der Waals surface area contributed by atoms with Crippen molar-refractivity contribution in [1.29, 1.82) is 0 Å². The molecule has 3 heteroatoms. The van der Waals surface area contributed by atoms with Crippen LogP contribution in [-0.2, 0) is 0 Å². The summed E-state index contributed by atoms with van der Waals surface area (Å²) < 4.78 is 33.8. The van der Waals surface area contributed by atoms with Gasteiger partial charge in [0.25, 0.3) is 6.43 Å². The van der Waals surface area contributed by atoms with Crippen molar-refractivity contribution < 1.29 is 13.2 Å². The summed E-state index contributed by atoms with van der Waals surface area (Å²) in [6.07, 6.45) is -0.981. The zero-order chi connectivity index (χ0) is 10.3. The minimum Gasteiger partial charge on any atom is -0.255 e. The topological polar surface area (TPSA) is 0 Å². The molecule has 0 amide bonds. The first kappa shape index (κ1) is 11.8. The average Bonchev–Trinajstić information content (AvgIpc) is 2.20. The highest BCUT2D eigenvalue weighted by Gasteiger charge is 2.08. The maximum absolute atomic E-state index is 12.2. The van der Waals surface area contributed by atoms with E-state index in [4.69, 9.17) is 0 Å². The van der Waals surface area contributed by atoms with E-state index >= 15 is 0 Å². The van der Waals surface area contributed by atoms with Crippen LogP contribution in [0.1, 0.15) is 17.6 Å². The molecule has 0 aliphatic rings. The third-order valence-electron chi connectivity index (χ3n) is 1.45. The second kappa shape index (κ2) is 6.29. The van der Waals surface area contributed by atoms with Gasteiger partial charge in [-0.15, -0.1) is 0 Å². The molecule has 0 saturated carbocycles. The third kappa shape index (κ3) is 3.32. The zero-order valence-electron chi connectivity index (χ0n) is 7.31. The molecule has 0 aliphatic heterocycles. The van der Waals surface area contributed by atoms with Crippen molar-refractivity contribution in [1.82, 2.24) is 0 Å². The van der Waals surface area contributed by atoms with Gasteiger partial charge < -0.3 is 0 Å². The van der Waals surface area contributed by atoms with Gasteiger partial charge in [-0.2, -0.15) is 0 Å². The predicted octanol–water partition coefficient (Wildman–Crippen LogP) is 3.85. The van der Waals surface area contributed by atoms with Crippen molar-refractivity contribution in [3.05, 3.63) is 42.0 Å². The molecular formula is C10H11F3. The summed E-state index contributed by atoms with van der Waals surface area (Å²) in [6.45, 7) is 3.44. The Balaban J connectivity index is 0.000000671. The summed E-state index contributed by atoms with van der Waals surface area (Å²) in [5.74, 6) is 0. The summed E-state index contributed by atoms with van der Waals surface area (Å²) in [5.41, 5.74) is 0.546. The Morgan fingerprint density at radius 2 is 1.77 bits per heavy atom. The highest BCUT2D eigenvalue weighted by molar-refractivity contribution is 5.51. The lowest BCUT2D eigenvalue weighted by Crippen LogP contribution is -1.87. The Morgan fingerprint density at radius 1 is 1.23 bits per heavy atom. The zero-order valence-corrected chi connectivity index (χ0v) is 7.31. The Morgan fingerprint density at radius 3 is 2.15 bits per heavy atom. The Kier molecular flexibility index (Phi) is 5.68. The van der Waals surface area contributed by atoms with Crippen LogP contribution < -0.4 is 0 Å². The van der Waals surface area contributed by atoms with E-state index in [2.05, 4.69) is 6.58 Å². The molecule has 0 atom stereocenters. The fourth-order valence-electron chi connectivity index (χ4n) is 0.896. The number of hydrogen-bond donors (Lipinski definition) is 0. The van der Waals surface area contributed by atoms with Gasteiger partial charge in [0.05, 0.1) is 7.18 Å². The highest BCUT2D eigenvalue weighted by atomic mass is 19.3. The van der Waals surface area contributed by atoms with E-state index in [1.165, 1.54) is 12.1 Å². The maximum atomic E-state index is 12.2. The van der Waals surface area contributed by atoms with Gasteiger partial charge in [-0.1, -0.05) is 36.9 Å². The number of benzene rings is 1. The molecule has 0 spiro atoms. The number of halogens is 3. The molecule has 0 heterocycles. The minimum atomic E-state index is -2.41. The van der Waals surface area contributed by atoms with Gasteiger partial charge in [-0.3, -0.25) is 4.39 Å². The lowest BCUT2D eigenvalue weighted by molar-refractivity contribution is 0.151. The lowest BCUT2D eigenvalue weighted by atomic mass is 10.1. The quantitative estimate of drug-likeness (QED) is 0.661. The summed E-state index contributed by atoms with van der Waals surface area (Å²) in [7, 11) is 0.500. The predicted molar refractivity (Wildman–Crippen MR) is 48.5 cm³/mol. The van der Waals surface area contributed by atoms with Crippen LogP contribution in [0.25, 0.3) is 6.08 Å². The largest absolute Gasteiger partial charge is 0.264 e. The van der Waals surface area contributed by atoms with Gasteiger partial charge >= 0.3 is 0 Å². The van der Waals surface area contributed by atoms with Crippen molar-refractivity contribution >= 4 is 6.08 Å². The van der Waals surface area contributed by atoms with E-state index in [0.29, 0.717) is 12.7 Å². The molecule has 0 radical (unpaired) electrons. The van der Waals surface area contributed by atoms with Crippen molar-refractivity contribution in [2.75, 3.05) is 7.18 Å². The van der Waals surface area contributed by atoms with Crippen molar-refractivity contribution in [3.63, 3.8) is 0 Å². The fraction of sp³-hybridized carbons (Fsp3) is 0.200. The van der Waals surface area contributed by atoms with Crippen LogP contribution in [0.5, 0.6) is 0 Å². The van der Waals surface area contributed by atoms with Crippen LogP contribution in [0, 0.1) is 0 Å². The summed E-state index contributed by atoms with van der Waals surface area (Å²) in [6, 6.07) is 6.33. The van der Waals surface area contributed by atoms with E-state index in [0.717, 1.165) is 0 Å². The second-order valence-electron chi connectivity index (χ2n) is 2.13. The average molecular weight is 188 g/mol. The first-order chi connectivity index (χ1) is 6.25. The molecule has 0 fully saturated rings. The van der Waals surface area contributed by atoms with Crippen molar-refractivity contribution in [2.24, 2.45) is 0 Å². The summed E-state index contributed by atoms with van der Waals surface area (Å²) in [5, 5.41) is 0. The fourth-order valence-corrected chi connectivity index (χ4v) is 0.896. The first-order valence-electron chi connectivity index (χ1n) is 3.63. The van der Waals surface area contributed by atoms with Crippen molar-refractivity contribution in [2.45, 2.75) is 6.43 Å². The SMILES string of the molecule is C=Cc1ccccc1C(F)F.CF. The number of rotatable bonds is 2. The van der Waals surface area contributed by atoms with Gasteiger partial charge in [-0.25, -0.2) is 8.78 Å². The normalized spacial score (nSPS) is 9.00. The molecular weight excluding hydrogens is 177 g/mol. The van der Waals surface area contributed by atoms with Crippen LogP contribution in [0.2, 0.25) is 0 Å². The van der Waals surface area contributed by atoms with Gasteiger partial charge in [0.15, 0.2) is 0 Å². The molecule has 1 aromatic rings. The Labute approximate surface area is 75.7 Å². The van der Waals surface area contributed by atoms with E-state index in [1.807, 2.05) is 0 Å². The molecule has 13 heavy (non-hydrogen) atoms. The molecule has 1 rings (SSSR count). The molecule has 0 N–H and O–H groups in total. The van der Waals surface area contributed by atoms with Crippen LogP contribution in [0.4, 0.5) is 13.2 Å². The Bertz CT molecular complexity index is 256. The molecule has 0 unspecified atom stereocenters. The summed E-state index contributed by atoms with van der Waals surface area (Å²) >= 11 is 0. The van der Waals surface area contributed by atoms with E-state index in [9.17, 15) is 13.2 Å². The van der Waals surface area contributed by atoms with Crippen LogP contribution in [-0.4, -0.2) is 7.18 Å². The van der Waals surface area contributed by atoms with Gasteiger partial charge in [0, 0.05) is 5.56 Å². The van der Waals surface area contributed by atoms with Crippen LogP contribution in [0.15, 0.2) is 30.8 Å². The van der Waals surface area contributed by atoms with Gasteiger partial charge in [-0.05, 0) is 5.56 Å². The summed E-state index contributed by atoms with van der Waals surface area (Å²) in [4.78, 5) is 0. The molecule has 0 saturated heterocycles. The molecule has 0 nitrogen and oxygen atoms in total. The van der Waals surface area contributed by atoms with E-state index in [-0.39, 0.29) is 5.56 Å². The molecule has 0 aromatic heterocycles.